The Hall–Kier alpha value is -2.64. The van der Waals surface area contributed by atoms with Crippen LogP contribution in [0, 0.1) is 6.92 Å². The molecule has 27 heavy (non-hydrogen) atoms. The van der Waals surface area contributed by atoms with Crippen LogP contribution in [0.1, 0.15) is 17.3 Å². The molecule has 0 aliphatic rings. The number of rotatable bonds is 6. The zero-order valence-corrected chi connectivity index (χ0v) is 16.1. The molecule has 2 heterocycles. The molecule has 0 saturated heterocycles. The summed E-state index contributed by atoms with van der Waals surface area (Å²) in [7, 11) is 0. The molecule has 0 amide bonds. The minimum atomic E-state index is 0.521. The van der Waals surface area contributed by atoms with Gasteiger partial charge in [-0.2, -0.15) is 4.98 Å². The van der Waals surface area contributed by atoms with Crippen molar-refractivity contribution < 1.29 is 4.52 Å². The molecule has 0 N–H and O–H groups in total. The average molecular weight is 398 g/mol. The predicted octanol–water partition coefficient (Wildman–Crippen LogP) is 4.63. The van der Waals surface area contributed by atoms with Crippen molar-refractivity contribution in [1.29, 1.82) is 0 Å². The molecule has 2 aromatic carbocycles. The monoisotopic (exact) mass is 397 g/mol. The first-order valence-electron chi connectivity index (χ1n) is 8.34. The summed E-state index contributed by atoms with van der Waals surface area (Å²) in [5.41, 5.74) is 2.06. The van der Waals surface area contributed by atoms with E-state index >= 15 is 0 Å². The SMILES string of the molecule is Cc1nnc(SCc2nc(-c3ccc(Cl)cc3)no2)n1Cc1ccccc1. The van der Waals surface area contributed by atoms with Gasteiger partial charge in [-0.1, -0.05) is 58.9 Å². The van der Waals surface area contributed by atoms with Crippen LogP contribution in [0.15, 0.2) is 64.3 Å². The van der Waals surface area contributed by atoms with E-state index in [-0.39, 0.29) is 0 Å². The Morgan fingerprint density at radius 2 is 1.81 bits per heavy atom. The van der Waals surface area contributed by atoms with E-state index in [4.69, 9.17) is 16.1 Å². The molecule has 2 aromatic heterocycles. The maximum absolute atomic E-state index is 5.91. The van der Waals surface area contributed by atoms with Gasteiger partial charge in [-0.25, -0.2) is 0 Å². The van der Waals surface area contributed by atoms with E-state index in [1.165, 1.54) is 17.3 Å². The lowest BCUT2D eigenvalue weighted by atomic mass is 10.2. The van der Waals surface area contributed by atoms with Crippen LogP contribution in [-0.2, 0) is 12.3 Å². The molecule has 0 fully saturated rings. The highest BCUT2D eigenvalue weighted by Gasteiger charge is 2.14. The van der Waals surface area contributed by atoms with Gasteiger partial charge >= 0.3 is 0 Å². The van der Waals surface area contributed by atoms with Gasteiger partial charge in [-0.3, -0.25) is 0 Å². The van der Waals surface area contributed by atoms with Gasteiger partial charge in [0.05, 0.1) is 12.3 Å². The third kappa shape index (κ3) is 4.20. The molecular formula is C19H16ClN5OS. The molecule has 0 saturated carbocycles. The van der Waals surface area contributed by atoms with E-state index in [1.807, 2.05) is 37.3 Å². The first-order chi connectivity index (χ1) is 13.2. The fourth-order valence-electron chi connectivity index (χ4n) is 2.57. The summed E-state index contributed by atoms with van der Waals surface area (Å²) in [5, 5.41) is 14.0. The maximum atomic E-state index is 5.91. The van der Waals surface area contributed by atoms with Gasteiger partial charge in [0.25, 0.3) is 0 Å². The number of thioether (sulfide) groups is 1. The lowest BCUT2D eigenvalue weighted by molar-refractivity contribution is 0.391. The topological polar surface area (TPSA) is 69.6 Å². The van der Waals surface area contributed by atoms with Gasteiger partial charge in [0.1, 0.15) is 5.82 Å². The quantitative estimate of drug-likeness (QED) is 0.442. The van der Waals surface area contributed by atoms with Gasteiger partial charge in [0.15, 0.2) is 5.16 Å². The van der Waals surface area contributed by atoms with Crippen molar-refractivity contribution in [2.75, 3.05) is 0 Å². The molecule has 0 aliphatic carbocycles. The molecule has 136 valence electrons. The van der Waals surface area contributed by atoms with E-state index < -0.39 is 0 Å². The molecular weight excluding hydrogens is 382 g/mol. The van der Waals surface area contributed by atoms with Crippen LogP contribution in [0.2, 0.25) is 5.02 Å². The molecule has 4 rings (SSSR count). The first kappa shape index (κ1) is 17.8. The summed E-state index contributed by atoms with van der Waals surface area (Å²) >= 11 is 7.44. The number of nitrogens with zero attached hydrogens (tertiary/aromatic N) is 5. The second kappa shape index (κ2) is 7.94. The Kier molecular flexibility index (Phi) is 5.22. The van der Waals surface area contributed by atoms with E-state index in [1.54, 1.807) is 12.1 Å². The van der Waals surface area contributed by atoms with Crippen molar-refractivity contribution in [3.05, 3.63) is 76.9 Å². The summed E-state index contributed by atoms with van der Waals surface area (Å²) in [6.07, 6.45) is 0. The zero-order valence-electron chi connectivity index (χ0n) is 14.5. The second-order valence-corrected chi connectivity index (χ2v) is 7.29. The van der Waals surface area contributed by atoms with Gasteiger partial charge < -0.3 is 9.09 Å². The van der Waals surface area contributed by atoms with Crippen LogP contribution >= 0.6 is 23.4 Å². The number of hydrogen-bond acceptors (Lipinski definition) is 6. The van der Waals surface area contributed by atoms with Crippen LogP contribution < -0.4 is 0 Å². The van der Waals surface area contributed by atoms with Crippen LogP contribution in [0.4, 0.5) is 0 Å². The number of benzene rings is 2. The Labute approximate surface area is 165 Å². The summed E-state index contributed by atoms with van der Waals surface area (Å²) < 4.78 is 7.44. The van der Waals surface area contributed by atoms with Gasteiger partial charge in [0, 0.05) is 10.6 Å². The van der Waals surface area contributed by atoms with Gasteiger partial charge in [0.2, 0.25) is 11.7 Å². The summed E-state index contributed by atoms with van der Waals surface area (Å²) in [4.78, 5) is 4.45. The normalized spacial score (nSPS) is 11.0. The smallest absolute Gasteiger partial charge is 0.237 e. The van der Waals surface area contributed by atoms with Crippen molar-refractivity contribution in [3.63, 3.8) is 0 Å². The molecule has 0 aliphatic heterocycles. The van der Waals surface area contributed by atoms with Crippen molar-refractivity contribution in [2.24, 2.45) is 0 Å². The van der Waals surface area contributed by atoms with Gasteiger partial charge in [-0.05, 0) is 36.8 Å². The average Bonchev–Trinajstić information content (AvgIpc) is 3.29. The molecule has 0 bridgehead atoms. The molecule has 8 heteroatoms. The standard InChI is InChI=1S/C19H16ClN5OS/c1-13-22-23-19(25(13)11-14-5-3-2-4-6-14)27-12-17-21-18(24-26-17)15-7-9-16(20)10-8-15/h2-10H,11-12H2,1H3. The van der Waals surface area contributed by atoms with Crippen LogP contribution in [-0.4, -0.2) is 24.9 Å². The highest BCUT2D eigenvalue weighted by Crippen LogP contribution is 2.24. The highest BCUT2D eigenvalue weighted by atomic mass is 35.5. The molecule has 6 nitrogen and oxygen atoms in total. The lowest BCUT2D eigenvalue weighted by Crippen LogP contribution is -2.03. The predicted molar refractivity (Wildman–Crippen MR) is 105 cm³/mol. The van der Waals surface area contributed by atoms with Crippen molar-refractivity contribution in [2.45, 2.75) is 24.4 Å². The Morgan fingerprint density at radius 1 is 1.04 bits per heavy atom. The third-order valence-electron chi connectivity index (χ3n) is 3.98. The minimum Gasteiger partial charge on any atom is -0.338 e. The maximum Gasteiger partial charge on any atom is 0.237 e. The van der Waals surface area contributed by atoms with Crippen LogP contribution in [0.25, 0.3) is 11.4 Å². The molecule has 0 radical (unpaired) electrons. The van der Waals surface area contributed by atoms with Crippen LogP contribution in [0.3, 0.4) is 0 Å². The Balaban J connectivity index is 1.46. The van der Waals surface area contributed by atoms with Crippen molar-refractivity contribution in [1.82, 2.24) is 24.9 Å². The summed E-state index contributed by atoms with van der Waals surface area (Å²) in [6.45, 7) is 2.67. The molecule has 4 aromatic rings. The molecule has 0 unspecified atom stereocenters. The van der Waals surface area contributed by atoms with Crippen LogP contribution in [0.5, 0.6) is 0 Å². The number of aromatic nitrogens is 5. The number of hydrogen-bond donors (Lipinski definition) is 0. The van der Waals surface area contributed by atoms with Gasteiger partial charge in [-0.15, -0.1) is 10.2 Å². The number of aryl methyl sites for hydroxylation is 1. The first-order valence-corrected chi connectivity index (χ1v) is 9.70. The van der Waals surface area contributed by atoms with E-state index in [0.717, 1.165) is 23.1 Å². The Morgan fingerprint density at radius 3 is 2.59 bits per heavy atom. The zero-order chi connectivity index (χ0) is 18.6. The van der Waals surface area contributed by atoms with Crippen molar-refractivity contribution in [3.8, 4) is 11.4 Å². The van der Waals surface area contributed by atoms with Crippen molar-refractivity contribution >= 4 is 23.4 Å². The summed E-state index contributed by atoms with van der Waals surface area (Å²) in [5.74, 6) is 2.47. The third-order valence-corrected chi connectivity index (χ3v) is 5.18. The highest BCUT2D eigenvalue weighted by molar-refractivity contribution is 7.98. The van der Waals surface area contributed by atoms with E-state index in [9.17, 15) is 0 Å². The molecule has 0 atom stereocenters. The lowest BCUT2D eigenvalue weighted by Gasteiger charge is -2.07. The van der Waals surface area contributed by atoms with E-state index in [2.05, 4.69) is 37.0 Å². The Bertz CT molecular complexity index is 1030. The second-order valence-electron chi connectivity index (χ2n) is 5.91. The molecule has 0 spiro atoms. The largest absolute Gasteiger partial charge is 0.338 e. The number of halogens is 1. The summed E-state index contributed by atoms with van der Waals surface area (Å²) in [6, 6.07) is 17.6. The van der Waals surface area contributed by atoms with E-state index in [0.29, 0.717) is 22.5 Å². The fraction of sp³-hybridized carbons (Fsp3) is 0.158. The minimum absolute atomic E-state index is 0.521. The fourth-order valence-corrected chi connectivity index (χ4v) is 3.52.